The highest BCUT2D eigenvalue weighted by Crippen LogP contribution is 2.17. The van der Waals surface area contributed by atoms with Crippen molar-refractivity contribution < 1.29 is 4.79 Å². The van der Waals surface area contributed by atoms with E-state index < -0.39 is 0 Å². The molecule has 5 heteroatoms. The van der Waals surface area contributed by atoms with Gasteiger partial charge in [0.1, 0.15) is 0 Å². The lowest BCUT2D eigenvalue weighted by molar-refractivity contribution is 0.102. The first kappa shape index (κ1) is 12.8. The first-order chi connectivity index (χ1) is 8.60. The number of carbonyl (C=O) groups is 1. The van der Waals surface area contributed by atoms with Crippen LogP contribution in [0.5, 0.6) is 0 Å². The molecule has 0 unspecified atom stereocenters. The van der Waals surface area contributed by atoms with Crippen molar-refractivity contribution in [3.8, 4) is 0 Å². The molecule has 0 atom stereocenters. The topological polar surface area (TPSA) is 46.9 Å². The van der Waals surface area contributed by atoms with Gasteiger partial charge in [-0.25, -0.2) is 0 Å². The molecule has 2 aromatic rings. The van der Waals surface area contributed by atoms with Crippen LogP contribution in [0, 0.1) is 6.92 Å². The quantitative estimate of drug-likeness (QED) is 0.946. The molecule has 0 fully saturated rings. The lowest BCUT2D eigenvalue weighted by atomic mass is 10.2. The van der Waals surface area contributed by atoms with Crippen LogP contribution in [0.15, 0.2) is 34.9 Å². The summed E-state index contributed by atoms with van der Waals surface area (Å²) in [6.45, 7) is 4.71. The van der Waals surface area contributed by atoms with Gasteiger partial charge in [-0.2, -0.15) is 5.10 Å². The van der Waals surface area contributed by atoms with Gasteiger partial charge in [-0.05, 0) is 41.9 Å². The second-order valence-electron chi connectivity index (χ2n) is 4.00. The Hall–Kier alpha value is -1.62. The van der Waals surface area contributed by atoms with E-state index in [1.807, 2.05) is 38.1 Å². The summed E-state index contributed by atoms with van der Waals surface area (Å²) >= 11 is 3.34. The van der Waals surface area contributed by atoms with E-state index in [1.165, 1.54) is 0 Å². The predicted molar refractivity (Wildman–Crippen MR) is 74.7 cm³/mol. The van der Waals surface area contributed by atoms with Gasteiger partial charge in [0.25, 0.3) is 5.91 Å². The van der Waals surface area contributed by atoms with E-state index in [0.717, 1.165) is 17.8 Å². The number of nitrogens with one attached hydrogen (secondary N) is 1. The molecule has 2 rings (SSSR count). The number of hydrogen-bond acceptors (Lipinski definition) is 2. The molecule has 0 saturated carbocycles. The van der Waals surface area contributed by atoms with E-state index in [4.69, 9.17) is 0 Å². The summed E-state index contributed by atoms with van der Waals surface area (Å²) in [6, 6.07) is 7.65. The SMILES string of the molecule is CCn1cc(Br)c(C(=O)Nc2ccc(C)cc2)n1. The molecule has 0 radical (unpaired) electrons. The second-order valence-corrected chi connectivity index (χ2v) is 4.86. The predicted octanol–water partition coefficient (Wildman–Crippen LogP) is 3.23. The molecule has 1 amide bonds. The summed E-state index contributed by atoms with van der Waals surface area (Å²) in [6.07, 6.45) is 1.80. The van der Waals surface area contributed by atoms with Crippen molar-refractivity contribution in [1.29, 1.82) is 0 Å². The summed E-state index contributed by atoms with van der Waals surface area (Å²) in [4.78, 5) is 12.0. The zero-order valence-corrected chi connectivity index (χ0v) is 11.9. The van der Waals surface area contributed by atoms with Crippen molar-refractivity contribution >= 4 is 27.5 Å². The number of aryl methyl sites for hydroxylation is 2. The number of rotatable bonds is 3. The van der Waals surface area contributed by atoms with Gasteiger partial charge in [-0.3, -0.25) is 9.48 Å². The summed E-state index contributed by atoms with van der Waals surface area (Å²) in [7, 11) is 0. The third-order valence-electron chi connectivity index (χ3n) is 2.57. The van der Waals surface area contributed by atoms with Crippen LogP contribution >= 0.6 is 15.9 Å². The normalized spacial score (nSPS) is 10.4. The fraction of sp³-hybridized carbons (Fsp3) is 0.231. The Morgan fingerprint density at radius 1 is 1.39 bits per heavy atom. The van der Waals surface area contributed by atoms with Crippen LogP contribution in [0.1, 0.15) is 23.0 Å². The third kappa shape index (κ3) is 2.79. The molecule has 0 saturated heterocycles. The number of benzene rings is 1. The summed E-state index contributed by atoms with van der Waals surface area (Å²) < 4.78 is 2.42. The summed E-state index contributed by atoms with van der Waals surface area (Å²) in [5, 5.41) is 7.02. The minimum Gasteiger partial charge on any atom is -0.321 e. The monoisotopic (exact) mass is 307 g/mol. The molecule has 94 valence electrons. The number of carbonyl (C=O) groups excluding carboxylic acids is 1. The number of anilines is 1. The van der Waals surface area contributed by atoms with Crippen LogP contribution in [-0.2, 0) is 6.54 Å². The Balaban J connectivity index is 2.16. The lowest BCUT2D eigenvalue weighted by Gasteiger charge is -2.03. The molecular formula is C13H14BrN3O. The van der Waals surface area contributed by atoms with E-state index in [2.05, 4.69) is 26.3 Å². The Labute approximate surface area is 114 Å². The number of amides is 1. The molecule has 0 spiro atoms. The number of nitrogens with zero attached hydrogens (tertiary/aromatic N) is 2. The van der Waals surface area contributed by atoms with E-state index in [-0.39, 0.29) is 5.91 Å². The van der Waals surface area contributed by atoms with E-state index >= 15 is 0 Å². The fourth-order valence-corrected chi connectivity index (χ4v) is 2.04. The highest BCUT2D eigenvalue weighted by atomic mass is 79.9. The van der Waals surface area contributed by atoms with Crippen LogP contribution in [0.2, 0.25) is 0 Å². The van der Waals surface area contributed by atoms with Crippen LogP contribution in [0.3, 0.4) is 0 Å². The van der Waals surface area contributed by atoms with Crippen LogP contribution in [0.25, 0.3) is 0 Å². The molecule has 18 heavy (non-hydrogen) atoms. The van der Waals surface area contributed by atoms with Crippen molar-refractivity contribution in [3.63, 3.8) is 0 Å². The number of hydrogen-bond donors (Lipinski definition) is 1. The number of halogens is 1. The fourth-order valence-electron chi connectivity index (χ4n) is 1.54. The van der Waals surface area contributed by atoms with Crippen molar-refractivity contribution in [2.75, 3.05) is 5.32 Å². The van der Waals surface area contributed by atoms with Crippen molar-refractivity contribution in [1.82, 2.24) is 9.78 Å². The standard InChI is InChI=1S/C13H14BrN3O/c1-3-17-8-11(14)12(16-17)13(18)15-10-6-4-9(2)5-7-10/h4-8H,3H2,1-2H3,(H,15,18). The Bertz CT molecular complexity index is 560. The minimum atomic E-state index is -0.210. The van der Waals surface area contributed by atoms with E-state index in [9.17, 15) is 4.79 Å². The highest BCUT2D eigenvalue weighted by molar-refractivity contribution is 9.10. The van der Waals surface area contributed by atoms with Gasteiger partial charge in [0.2, 0.25) is 0 Å². The molecule has 1 heterocycles. The third-order valence-corrected chi connectivity index (χ3v) is 3.15. The summed E-state index contributed by atoms with van der Waals surface area (Å²) in [5.41, 5.74) is 2.32. The van der Waals surface area contributed by atoms with Gasteiger partial charge in [0.15, 0.2) is 5.69 Å². The molecule has 1 aromatic carbocycles. The van der Waals surface area contributed by atoms with E-state index in [1.54, 1.807) is 10.9 Å². The molecule has 0 aliphatic rings. The molecule has 0 bridgehead atoms. The highest BCUT2D eigenvalue weighted by Gasteiger charge is 2.14. The van der Waals surface area contributed by atoms with Gasteiger partial charge in [-0.15, -0.1) is 0 Å². The maximum atomic E-state index is 12.0. The molecule has 0 aliphatic heterocycles. The number of aromatic nitrogens is 2. The van der Waals surface area contributed by atoms with E-state index in [0.29, 0.717) is 10.2 Å². The smallest absolute Gasteiger partial charge is 0.277 e. The Morgan fingerprint density at radius 2 is 2.06 bits per heavy atom. The van der Waals surface area contributed by atoms with Gasteiger partial charge in [0, 0.05) is 18.4 Å². The first-order valence-electron chi connectivity index (χ1n) is 5.71. The van der Waals surface area contributed by atoms with Crippen LogP contribution in [-0.4, -0.2) is 15.7 Å². The van der Waals surface area contributed by atoms with Crippen LogP contribution < -0.4 is 5.32 Å². The van der Waals surface area contributed by atoms with Crippen LogP contribution in [0.4, 0.5) is 5.69 Å². The maximum absolute atomic E-state index is 12.0. The minimum absolute atomic E-state index is 0.210. The second kappa shape index (κ2) is 5.35. The van der Waals surface area contributed by atoms with Crippen molar-refractivity contribution in [2.24, 2.45) is 0 Å². The molecule has 1 aromatic heterocycles. The van der Waals surface area contributed by atoms with Gasteiger partial charge in [-0.1, -0.05) is 17.7 Å². The average Bonchev–Trinajstić information content (AvgIpc) is 2.73. The molecule has 0 aliphatic carbocycles. The van der Waals surface area contributed by atoms with Gasteiger partial charge < -0.3 is 5.32 Å². The Morgan fingerprint density at radius 3 is 2.61 bits per heavy atom. The van der Waals surface area contributed by atoms with Gasteiger partial charge in [0.05, 0.1) is 4.47 Å². The first-order valence-corrected chi connectivity index (χ1v) is 6.50. The van der Waals surface area contributed by atoms with Gasteiger partial charge >= 0.3 is 0 Å². The largest absolute Gasteiger partial charge is 0.321 e. The summed E-state index contributed by atoms with van der Waals surface area (Å²) in [5.74, 6) is -0.210. The Kier molecular flexibility index (Phi) is 3.81. The van der Waals surface area contributed by atoms with Crippen molar-refractivity contribution in [2.45, 2.75) is 20.4 Å². The average molecular weight is 308 g/mol. The maximum Gasteiger partial charge on any atom is 0.277 e. The lowest BCUT2D eigenvalue weighted by Crippen LogP contribution is -2.13. The molecular weight excluding hydrogens is 294 g/mol. The molecule has 1 N–H and O–H groups in total. The zero-order valence-electron chi connectivity index (χ0n) is 10.3. The van der Waals surface area contributed by atoms with Crippen molar-refractivity contribution in [3.05, 3.63) is 46.2 Å². The zero-order chi connectivity index (χ0) is 13.1. The molecule has 4 nitrogen and oxygen atoms in total.